The molecule has 3 heterocycles. The van der Waals surface area contributed by atoms with Gasteiger partial charge in [0.1, 0.15) is 0 Å². The number of carbonyl (C=O) groups is 3. The molecule has 3 rings (SSSR count). The number of nitrogens with zero attached hydrogens (tertiary/aromatic N) is 3. The van der Waals surface area contributed by atoms with Gasteiger partial charge in [-0.25, -0.2) is 0 Å². The second-order valence-electron chi connectivity index (χ2n) is 6.29. The molecule has 1 fully saturated rings. The van der Waals surface area contributed by atoms with E-state index in [1.54, 1.807) is 28.1 Å². The second kappa shape index (κ2) is 9.10. The van der Waals surface area contributed by atoms with Crippen molar-refractivity contribution in [3.63, 3.8) is 0 Å². The molecule has 1 aliphatic rings. The first-order valence-electron chi connectivity index (χ1n) is 8.77. The first kappa shape index (κ1) is 19.5. The van der Waals surface area contributed by atoms with E-state index in [1.807, 2.05) is 18.2 Å². The molecule has 27 heavy (non-hydrogen) atoms. The first-order chi connectivity index (χ1) is 13.0. The van der Waals surface area contributed by atoms with Crippen molar-refractivity contribution in [2.24, 2.45) is 0 Å². The van der Waals surface area contributed by atoms with Crippen molar-refractivity contribution in [3.8, 4) is 0 Å². The van der Waals surface area contributed by atoms with E-state index in [1.165, 1.54) is 11.3 Å². The number of rotatable bonds is 6. The topological polar surface area (TPSA) is 70.6 Å². The summed E-state index contributed by atoms with van der Waals surface area (Å²) in [5.41, 5.74) is 0.744. The molecule has 1 saturated heterocycles. The van der Waals surface area contributed by atoms with E-state index in [-0.39, 0.29) is 36.9 Å². The molecule has 0 unspecified atom stereocenters. The van der Waals surface area contributed by atoms with Crippen molar-refractivity contribution in [2.75, 3.05) is 26.2 Å². The number of hydrogen-bond donors (Lipinski definition) is 0. The van der Waals surface area contributed by atoms with Crippen molar-refractivity contribution in [1.82, 2.24) is 14.8 Å². The van der Waals surface area contributed by atoms with Crippen LogP contribution < -0.4 is 0 Å². The van der Waals surface area contributed by atoms with Gasteiger partial charge in [0, 0.05) is 50.9 Å². The van der Waals surface area contributed by atoms with Gasteiger partial charge in [0.05, 0.1) is 15.6 Å². The van der Waals surface area contributed by atoms with E-state index in [9.17, 15) is 14.4 Å². The van der Waals surface area contributed by atoms with Crippen LogP contribution in [-0.4, -0.2) is 58.6 Å². The Balaban J connectivity index is 1.42. The van der Waals surface area contributed by atoms with Crippen LogP contribution in [0.2, 0.25) is 4.34 Å². The third-order valence-corrected chi connectivity index (χ3v) is 5.73. The summed E-state index contributed by atoms with van der Waals surface area (Å²) in [7, 11) is 0. The number of aromatic nitrogens is 1. The number of amides is 2. The highest BCUT2D eigenvalue weighted by atomic mass is 35.5. The molecular weight excluding hydrogens is 386 g/mol. The monoisotopic (exact) mass is 405 g/mol. The molecule has 2 amide bonds. The van der Waals surface area contributed by atoms with E-state index in [0.717, 1.165) is 5.69 Å². The summed E-state index contributed by atoms with van der Waals surface area (Å²) in [6.45, 7) is 2.00. The van der Waals surface area contributed by atoms with Gasteiger partial charge in [-0.1, -0.05) is 17.7 Å². The maximum absolute atomic E-state index is 12.3. The van der Waals surface area contributed by atoms with Gasteiger partial charge < -0.3 is 9.80 Å². The Labute approximate surface area is 166 Å². The smallest absolute Gasteiger partial charge is 0.228 e. The van der Waals surface area contributed by atoms with Crippen LogP contribution >= 0.6 is 22.9 Å². The highest BCUT2D eigenvalue weighted by Gasteiger charge is 2.24. The second-order valence-corrected chi connectivity index (χ2v) is 8.00. The maximum atomic E-state index is 12.3. The largest absolute Gasteiger partial charge is 0.339 e. The highest BCUT2D eigenvalue weighted by molar-refractivity contribution is 7.18. The summed E-state index contributed by atoms with van der Waals surface area (Å²) in [6.07, 6.45) is 2.29. The molecular formula is C19H20ClN3O3S. The molecule has 1 aliphatic heterocycles. The van der Waals surface area contributed by atoms with Crippen molar-refractivity contribution in [3.05, 3.63) is 51.4 Å². The van der Waals surface area contributed by atoms with Crippen LogP contribution in [-0.2, 0) is 16.0 Å². The predicted molar refractivity (Wildman–Crippen MR) is 104 cm³/mol. The lowest BCUT2D eigenvalue weighted by Crippen LogP contribution is -2.51. The molecule has 0 aromatic carbocycles. The summed E-state index contributed by atoms with van der Waals surface area (Å²) in [4.78, 5) is 45.0. The number of hydrogen-bond acceptors (Lipinski definition) is 5. The van der Waals surface area contributed by atoms with Crippen molar-refractivity contribution in [1.29, 1.82) is 0 Å². The molecule has 0 radical (unpaired) electrons. The summed E-state index contributed by atoms with van der Waals surface area (Å²) in [5.74, 6) is -0.0993. The Morgan fingerprint density at radius 3 is 2.26 bits per heavy atom. The zero-order chi connectivity index (χ0) is 19.2. The molecule has 2 aromatic heterocycles. The van der Waals surface area contributed by atoms with Gasteiger partial charge in [-0.3, -0.25) is 19.4 Å². The van der Waals surface area contributed by atoms with Crippen molar-refractivity contribution in [2.45, 2.75) is 19.3 Å². The Morgan fingerprint density at radius 1 is 0.963 bits per heavy atom. The molecule has 0 aliphatic carbocycles. The minimum atomic E-state index is -0.0653. The van der Waals surface area contributed by atoms with Gasteiger partial charge >= 0.3 is 0 Å². The molecule has 0 atom stereocenters. The molecule has 2 aromatic rings. The zero-order valence-corrected chi connectivity index (χ0v) is 16.3. The maximum Gasteiger partial charge on any atom is 0.228 e. The number of pyridine rings is 1. The Hall–Kier alpha value is -2.25. The van der Waals surface area contributed by atoms with Crippen LogP contribution in [0, 0.1) is 0 Å². The van der Waals surface area contributed by atoms with Crippen LogP contribution in [0.25, 0.3) is 0 Å². The van der Waals surface area contributed by atoms with E-state index < -0.39 is 0 Å². The lowest BCUT2D eigenvalue weighted by Gasteiger charge is -2.34. The molecule has 8 heteroatoms. The van der Waals surface area contributed by atoms with Crippen LogP contribution in [0.3, 0.4) is 0 Å². The van der Waals surface area contributed by atoms with Gasteiger partial charge in [-0.2, -0.15) is 0 Å². The van der Waals surface area contributed by atoms with E-state index in [2.05, 4.69) is 4.98 Å². The van der Waals surface area contributed by atoms with E-state index in [0.29, 0.717) is 35.4 Å². The average molecular weight is 406 g/mol. The zero-order valence-electron chi connectivity index (χ0n) is 14.8. The van der Waals surface area contributed by atoms with Crippen LogP contribution in [0.4, 0.5) is 0 Å². The minimum absolute atomic E-state index is 0.0190. The summed E-state index contributed by atoms with van der Waals surface area (Å²) in [5, 5.41) is 0. The van der Waals surface area contributed by atoms with Gasteiger partial charge in [0.15, 0.2) is 5.78 Å². The average Bonchev–Trinajstić information content (AvgIpc) is 3.13. The quantitative estimate of drug-likeness (QED) is 0.693. The Morgan fingerprint density at radius 2 is 1.67 bits per heavy atom. The number of piperazine rings is 1. The molecule has 0 spiro atoms. The van der Waals surface area contributed by atoms with Gasteiger partial charge in [0.2, 0.25) is 11.8 Å². The highest BCUT2D eigenvalue weighted by Crippen LogP contribution is 2.23. The van der Waals surface area contributed by atoms with E-state index >= 15 is 0 Å². The normalized spacial score (nSPS) is 14.3. The molecule has 6 nitrogen and oxygen atoms in total. The molecule has 0 saturated carbocycles. The number of ketones is 1. The van der Waals surface area contributed by atoms with E-state index in [4.69, 9.17) is 11.6 Å². The Kier molecular flexibility index (Phi) is 6.58. The Bertz CT molecular complexity index is 817. The van der Waals surface area contributed by atoms with Crippen LogP contribution in [0.1, 0.15) is 28.2 Å². The van der Waals surface area contributed by atoms with Crippen molar-refractivity contribution >= 4 is 40.5 Å². The fourth-order valence-corrected chi connectivity index (χ4v) is 3.95. The summed E-state index contributed by atoms with van der Waals surface area (Å²) < 4.78 is 0.566. The third-order valence-electron chi connectivity index (χ3n) is 4.46. The lowest BCUT2D eigenvalue weighted by atomic mass is 10.1. The summed E-state index contributed by atoms with van der Waals surface area (Å²) in [6, 6.07) is 8.87. The number of Topliss-reactive ketones (excluding diaryl/α,β-unsaturated/α-hetero) is 1. The van der Waals surface area contributed by atoms with Crippen molar-refractivity contribution < 1.29 is 14.4 Å². The van der Waals surface area contributed by atoms with Gasteiger partial charge in [-0.05, 0) is 24.3 Å². The number of carbonyl (C=O) groups excluding carboxylic acids is 3. The number of halogens is 1. The fourth-order valence-electron chi connectivity index (χ4n) is 2.94. The van der Waals surface area contributed by atoms with Gasteiger partial charge in [-0.15, -0.1) is 11.3 Å². The molecule has 142 valence electrons. The fraction of sp³-hybridized carbons (Fsp3) is 0.368. The first-order valence-corrected chi connectivity index (χ1v) is 9.96. The molecule has 0 bridgehead atoms. The number of thiophene rings is 1. The summed E-state index contributed by atoms with van der Waals surface area (Å²) >= 11 is 7.06. The van der Waals surface area contributed by atoms with Gasteiger partial charge in [0.25, 0.3) is 0 Å². The SMILES string of the molecule is O=C(CCC(=O)N1CCN(C(=O)Cc2ccccn2)CC1)c1ccc(Cl)s1. The predicted octanol–water partition coefficient (Wildman–Crippen LogP) is 2.67. The minimum Gasteiger partial charge on any atom is -0.339 e. The molecule has 0 N–H and O–H groups in total. The lowest BCUT2D eigenvalue weighted by molar-refractivity contribution is -0.139. The van der Waals surface area contributed by atoms with Crippen LogP contribution in [0.15, 0.2) is 36.5 Å². The third kappa shape index (κ3) is 5.37. The standard InChI is InChI=1S/C19H20ClN3O3S/c20-17-6-5-16(27-17)15(24)4-7-18(25)22-9-11-23(12-10-22)19(26)13-14-3-1-2-8-21-14/h1-3,5-6,8H,4,7,9-13H2. The van der Waals surface area contributed by atoms with Crippen LogP contribution in [0.5, 0.6) is 0 Å².